The van der Waals surface area contributed by atoms with Crippen molar-refractivity contribution in [2.75, 3.05) is 18.5 Å². The van der Waals surface area contributed by atoms with Gasteiger partial charge in [-0.25, -0.2) is 4.79 Å². The molecule has 0 aliphatic carbocycles. The van der Waals surface area contributed by atoms with Crippen molar-refractivity contribution >= 4 is 29.2 Å². The Morgan fingerprint density at radius 3 is 2.38 bits per heavy atom. The van der Waals surface area contributed by atoms with Gasteiger partial charge in [-0.2, -0.15) is 0 Å². The number of halogens is 1. The second-order valence-corrected chi connectivity index (χ2v) is 6.70. The number of rotatable bonds is 2. The molecule has 2 N–H and O–H groups in total. The van der Waals surface area contributed by atoms with E-state index in [0.29, 0.717) is 28.5 Å². The number of carbonyl (C=O) groups is 2. The molecular formula is C19H16ClN3O3. The van der Waals surface area contributed by atoms with E-state index < -0.39 is 6.04 Å². The van der Waals surface area contributed by atoms with Crippen LogP contribution >= 0.6 is 11.6 Å². The molecule has 0 aromatic heterocycles. The largest absolute Gasteiger partial charge is 0.508 e. The molecule has 0 bridgehead atoms. The SMILES string of the molecule is CN1C(=O)N[C@H](c2ccc(Cl)cc2)C2=C1CN(c1ccc(O)cc1)C2=O. The smallest absolute Gasteiger partial charge is 0.322 e. The fourth-order valence-corrected chi connectivity index (χ4v) is 3.44. The molecule has 0 radical (unpaired) electrons. The molecule has 0 saturated carbocycles. The molecule has 0 spiro atoms. The summed E-state index contributed by atoms with van der Waals surface area (Å²) in [6, 6.07) is 12.7. The monoisotopic (exact) mass is 369 g/mol. The molecule has 2 aromatic carbocycles. The second kappa shape index (κ2) is 6.07. The van der Waals surface area contributed by atoms with Crippen molar-refractivity contribution < 1.29 is 14.7 Å². The highest BCUT2D eigenvalue weighted by atomic mass is 35.5. The Morgan fingerprint density at radius 2 is 1.73 bits per heavy atom. The number of hydrogen-bond acceptors (Lipinski definition) is 3. The van der Waals surface area contributed by atoms with Crippen LogP contribution in [-0.2, 0) is 4.79 Å². The molecule has 7 heteroatoms. The molecular weight excluding hydrogens is 354 g/mol. The number of amides is 3. The number of anilines is 1. The first-order chi connectivity index (χ1) is 12.5. The summed E-state index contributed by atoms with van der Waals surface area (Å²) in [7, 11) is 1.65. The van der Waals surface area contributed by atoms with Gasteiger partial charge in [-0.15, -0.1) is 0 Å². The maximum atomic E-state index is 13.1. The van der Waals surface area contributed by atoms with Gasteiger partial charge in [0.05, 0.1) is 23.9 Å². The topological polar surface area (TPSA) is 72.9 Å². The first-order valence-corrected chi connectivity index (χ1v) is 8.47. The molecule has 1 atom stereocenters. The van der Waals surface area contributed by atoms with Gasteiger partial charge >= 0.3 is 6.03 Å². The summed E-state index contributed by atoms with van der Waals surface area (Å²) in [6.45, 7) is 0.299. The van der Waals surface area contributed by atoms with Gasteiger partial charge in [0, 0.05) is 17.8 Å². The van der Waals surface area contributed by atoms with E-state index in [2.05, 4.69) is 5.32 Å². The van der Waals surface area contributed by atoms with Crippen LogP contribution in [0.15, 0.2) is 59.8 Å². The molecule has 132 valence electrons. The molecule has 2 aliphatic rings. The number of nitrogens with zero attached hydrogens (tertiary/aromatic N) is 2. The van der Waals surface area contributed by atoms with Gasteiger partial charge in [-0.1, -0.05) is 23.7 Å². The van der Waals surface area contributed by atoms with E-state index in [9.17, 15) is 14.7 Å². The molecule has 2 heterocycles. The molecule has 3 amide bonds. The number of urea groups is 1. The van der Waals surface area contributed by atoms with E-state index in [1.54, 1.807) is 48.3 Å². The predicted octanol–water partition coefficient (Wildman–Crippen LogP) is 3.04. The second-order valence-electron chi connectivity index (χ2n) is 6.26. The van der Waals surface area contributed by atoms with Crippen molar-refractivity contribution in [2.24, 2.45) is 0 Å². The Kier molecular flexibility index (Phi) is 3.85. The number of phenols is 1. The lowest BCUT2D eigenvalue weighted by molar-refractivity contribution is -0.114. The van der Waals surface area contributed by atoms with Crippen LogP contribution in [0.4, 0.5) is 10.5 Å². The molecule has 0 fully saturated rings. The number of aromatic hydroxyl groups is 1. The third kappa shape index (κ3) is 2.59. The van der Waals surface area contributed by atoms with E-state index in [1.807, 2.05) is 0 Å². The van der Waals surface area contributed by atoms with E-state index in [1.165, 1.54) is 17.0 Å². The zero-order valence-electron chi connectivity index (χ0n) is 13.9. The number of hydrogen-bond donors (Lipinski definition) is 2. The maximum Gasteiger partial charge on any atom is 0.322 e. The Labute approximate surface area is 155 Å². The summed E-state index contributed by atoms with van der Waals surface area (Å²) in [4.78, 5) is 28.6. The van der Waals surface area contributed by atoms with Crippen LogP contribution < -0.4 is 10.2 Å². The van der Waals surface area contributed by atoms with Gasteiger partial charge in [-0.3, -0.25) is 9.69 Å². The van der Waals surface area contributed by atoms with Crippen molar-refractivity contribution in [1.82, 2.24) is 10.2 Å². The molecule has 6 nitrogen and oxygen atoms in total. The van der Waals surface area contributed by atoms with Crippen LogP contribution in [0.25, 0.3) is 0 Å². The highest BCUT2D eigenvalue weighted by molar-refractivity contribution is 6.30. The van der Waals surface area contributed by atoms with Crippen molar-refractivity contribution in [3.8, 4) is 5.75 Å². The van der Waals surface area contributed by atoms with Crippen LogP contribution in [0.2, 0.25) is 5.02 Å². The van der Waals surface area contributed by atoms with E-state index in [-0.39, 0.29) is 17.7 Å². The number of phenolic OH excluding ortho intramolecular Hbond substituents is 1. The van der Waals surface area contributed by atoms with Gasteiger partial charge in [-0.05, 0) is 42.0 Å². The average Bonchev–Trinajstić information content (AvgIpc) is 2.97. The highest BCUT2D eigenvalue weighted by Crippen LogP contribution is 2.38. The maximum absolute atomic E-state index is 13.1. The third-order valence-electron chi connectivity index (χ3n) is 4.73. The minimum atomic E-state index is -0.527. The van der Waals surface area contributed by atoms with Gasteiger partial charge < -0.3 is 15.3 Å². The molecule has 2 aromatic rings. The van der Waals surface area contributed by atoms with Crippen molar-refractivity contribution in [3.63, 3.8) is 0 Å². The van der Waals surface area contributed by atoms with Crippen molar-refractivity contribution in [1.29, 1.82) is 0 Å². The zero-order valence-corrected chi connectivity index (χ0v) is 14.7. The standard InChI is InChI=1S/C19H16ClN3O3/c1-22-15-10-23(13-6-8-14(24)9-7-13)18(25)16(15)17(21-19(22)26)11-2-4-12(20)5-3-11/h2-9,17,24H,10H2,1H3,(H,21,26)/t17-/m1/s1. The van der Waals surface area contributed by atoms with Crippen molar-refractivity contribution in [3.05, 3.63) is 70.4 Å². The number of benzene rings is 2. The summed E-state index contributed by atoms with van der Waals surface area (Å²) < 4.78 is 0. The summed E-state index contributed by atoms with van der Waals surface area (Å²) >= 11 is 5.96. The van der Waals surface area contributed by atoms with Crippen LogP contribution in [0.3, 0.4) is 0 Å². The number of carbonyl (C=O) groups excluding carboxylic acids is 2. The summed E-state index contributed by atoms with van der Waals surface area (Å²) in [6.07, 6.45) is 0. The normalized spacial score (nSPS) is 19.7. The Hall–Kier alpha value is -2.99. The molecule has 0 unspecified atom stereocenters. The number of nitrogens with one attached hydrogen (secondary N) is 1. The van der Waals surface area contributed by atoms with E-state index in [4.69, 9.17) is 11.6 Å². The van der Waals surface area contributed by atoms with E-state index in [0.717, 1.165) is 5.56 Å². The fraction of sp³-hybridized carbons (Fsp3) is 0.158. The molecule has 0 saturated heterocycles. The lowest BCUT2D eigenvalue weighted by Gasteiger charge is -2.31. The molecule has 26 heavy (non-hydrogen) atoms. The third-order valence-corrected chi connectivity index (χ3v) is 4.98. The summed E-state index contributed by atoms with van der Waals surface area (Å²) in [5.41, 5.74) is 2.68. The lowest BCUT2D eigenvalue weighted by atomic mass is 9.96. The van der Waals surface area contributed by atoms with Gasteiger partial charge in [0.15, 0.2) is 0 Å². The fourth-order valence-electron chi connectivity index (χ4n) is 3.31. The highest BCUT2D eigenvalue weighted by Gasteiger charge is 2.43. The average molecular weight is 370 g/mol. The lowest BCUT2D eigenvalue weighted by Crippen LogP contribution is -2.45. The Bertz CT molecular complexity index is 922. The van der Waals surface area contributed by atoms with Gasteiger partial charge in [0.25, 0.3) is 5.91 Å². The van der Waals surface area contributed by atoms with Gasteiger partial charge in [0.1, 0.15) is 5.75 Å². The first kappa shape index (κ1) is 16.5. The van der Waals surface area contributed by atoms with Crippen LogP contribution in [-0.4, -0.2) is 35.5 Å². The van der Waals surface area contributed by atoms with Crippen molar-refractivity contribution in [2.45, 2.75) is 6.04 Å². The first-order valence-electron chi connectivity index (χ1n) is 8.09. The van der Waals surface area contributed by atoms with Crippen LogP contribution in [0.5, 0.6) is 5.75 Å². The van der Waals surface area contributed by atoms with Crippen LogP contribution in [0.1, 0.15) is 11.6 Å². The molecule has 2 aliphatic heterocycles. The predicted molar refractivity (Wildman–Crippen MR) is 98.0 cm³/mol. The van der Waals surface area contributed by atoms with Gasteiger partial charge in [0.2, 0.25) is 0 Å². The number of likely N-dealkylation sites (N-methyl/N-ethyl adjacent to an activating group) is 1. The minimum Gasteiger partial charge on any atom is -0.508 e. The Morgan fingerprint density at radius 1 is 1.08 bits per heavy atom. The summed E-state index contributed by atoms with van der Waals surface area (Å²) in [5, 5.41) is 12.9. The van der Waals surface area contributed by atoms with Crippen LogP contribution in [0, 0.1) is 0 Å². The Balaban J connectivity index is 1.75. The zero-order chi connectivity index (χ0) is 18.4. The van der Waals surface area contributed by atoms with E-state index >= 15 is 0 Å². The minimum absolute atomic E-state index is 0.131. The molecule has 4 rings (SSSR count). The summed E-state index contributed by atoms with van der Waals surface area (Å²) in [5.74, 6) is -0.0383. The quantitative estimate of drug-likeness (QED) is 0.854.